The molecule has 1 aliphatic carbocycles. The van der Waals surface area contributed by atoms with Crippen molar-refractivity contribution in [1.82, 2.24) is 4.90 Å². The van der Waals surface area contributed by atoms with Crippen LogP contribution in [0.25, 0.3) is 0 Å². The van der Waals surface area contributed by atoms with E-state index < -0.39 is 0 Å². The molecule has 0 spiro atoms. The van der Waals surface area contributed by atoms with E-state index in [1.807, 2.05) is 0 Å². The summed E-state index contributed by atoms with van der Waals surface area (Å²) in [7, 11) is 0. The molecule has 1 amide bonds. The lowest BCUT2D eigenvalue weighted by atomic mass is 9.67. The predicted octanol–water partition coefficient (Wildman–Crippen LogP) is 2.30. The van der Waals surface area contributed by atoms with Gasteiger partial charge in [0.05, 0.1) is 5.41 Å². The van der Waals surface area contributed by atoms with Gasteiger partial charge < -0.3 is 10.6 Å². The Bertz CT molecular complexity index is 268. The van der Waals surface area contributed by atoms with Crippen molar-refractivity contribution in [2.75, 3.05) is 13.1 Å². The summed E-state index contributed by atoms with van der Waals surface area (Å²) in [5.41, 5.74) is 5.67. The lowest BCUT2D eigenvalue weighted by Gasteiger charge is -2.44. The van der Waals surface area contributed by atoms with E-state index in [-0.39, 0.29) is 5.41 Å². The average Bonchev–Trinajstić information content (AvgIpc) is 2.52. The molecule has 2 aliphatic rings. The van der Waals surface area contributed by atoms with Crippen LogP contribution in [-0.2, 0) is 4.79 Å². The van der Waals surface area contributed by atoms with Crippen molar-refractivity contribution in [3.8, 4) is 0 Å². The molecule has 1 saturated carbocycles. The van der Waals surface area contributed by atoms with Crippen LogP contribution >= 0.6 is 0 Å². The maximum absolute atomic E-state index is 12.7. The minimum Gasteiger partial charge on any atom is -0.339 e. The van der Waals surface area contributed by atoms with Crippen LogP contribution in [0, 0.1) is 5.41 Å². The number of amides is 1. The first-order chi connectivity index (χ1) is 8.23. The maximum atomic E-state index is 12.7. The molecule has 0 aromatic heterocycles. The molecular formula is C14H26N2O. The van der Waals surface area contributed by atoms with Gasteiger partial charge >= 0.3 is 0 Å². The van der Waals surface area contributed by atoms with Gasteiger partial charge in [-0.15, -0.1) is 0 Å². The Morgan fingerprint density at radius 1 is 1.29 bits per heavy atom. The standard InChI is InChI=1S/C14H26N2O/c1-2-12-7-4-3-5-10-16(12)13(17)14(11-15)8-6-9-14/h12H,2-11,15H2,1H3. The Hall–Kier alpha value is -0.570. The highest BCUT2D eigenvalue weighted by molar-refractivity contribution is 5.84. The van der Waals surface area contributed by atoms with Crippen molar-refractivity contribution in [3.05, 3.63) is 0 Å². The first-order valence-corrected chi connectivity index (χ1v) is 7.24. The van der Waals surface area contributed by atoms with Crippen molar-refractivity contribution in [2.45, 2.75) is 64.3 Å². The van der Waals surface area contributed by atoms with Gasteiger partial charge in [-0.05, 0) is 32.1 Å². The summed E-state index contributed by atoms with van der Waals surface area (Å²) in [5, 5.41) is 0. The largest absolute Gasteiger partial charge is 0.339 e. The van der Waals surface area contributed by atoms with Crippen molar-refractivity contribution < 1.29 is 4.79 Å². The smallest absolute Gasteiger partial charge is 0.230 e. The highest BCUT2D eigenvalue weighted by atomic mass is 16.2. The molecule has 2 N–H and O–H groups in total. The van der Waals surface area contributed by atoms with E-state index in [9.17, 15) is 4.79 Å². The molecule has 1 saturated heterocycles. The van der Waals surface area contributed by atoms with Gasteiger partial charge in [0, 0.05) is 19.1 Å². The first kappa shape index (κ1) is 12.9. The van der Waals surface area contributed by atoms with Crippen molar-refractivity contribution in [3.63, 3.8) is 0 Å². The van der Waals surface area contributed by atoms with E-state index in [0.717, 1.165) is 25.8 Å². The van der Waals surface area contributed by atoms with Crippen LogP contribution in [0.2, 0.25) is 0 Å². The lowest BCUT2D eigenvalue weighted by Crippen LogP contribution is -2.54. The monoisotopic (exact) mass is 238 g/mol. The third kappa shape index (κ3) is 2.35. The van der Waals surface area contributed by atoms with Crippen LogP contribution in [0.4, 0.5) is 0 Å². The summed E-state index contributed by atoms with van der Waals surface area (Å²) in [6.45, 7) is 3.70. The minimum atomic E-state index is -0.183. The zero-order valence-corrected chi connectivity index (χ0v) is 11.1. The molecule has 3 nitrogen and oxygen atoms in total. The van der Waals surface area contributed by atoms with Crippen LogP contribution in [-0.4, -0.2) is 29.9 Å². The van der Waals surface area contributed by atoms with Crippen LogP contribution in [0.5, 0.6) is 0 Å². The normalized spacial score (nSPS) is 28.4. The van der Waals surface area contributed by atoms with Crippen LogP contribution in [0.15, 0.2) is 0 Å². The van der Waals surface area contributed by atoms with Gasteiger partial charge in [-0.25, -0.2) is 0 Å². The Kier molecular flexibility index (Phi) is 4.08. The van der Waals surface area contributed by atoms with Crippen LogP contribution in [0.3, 0.4) is 0 Å². The fourth-order valence-corrected chi connectivity index (χ4v) is 3.28. The summed E-state index contributed by atoms with van der Waals surface area (Å²) in [6.07, 6.45) is 9.18. The van der Waals surface area contributed by atoms with Gasteiger partial charge in [0.25, 0.3) is 0 Å². The Morgan fingerprint density at radius 2 is 2.06 bits per heavy atom. The number of carbonyl (C=O) groups excluding carboxylic acids is 1. The summed E-state index contributed by atoms with van der Waals surface area (Å²) in [5.74, 6) is 0.361. The predicted molar refractivity (Wildman–Crippen MR) is 69.6 cm³/mol. The lowest BCUT2D eigenvalue weighted by molar-refractivity contribution is -0.149. The molecule has 0 aromatic rings. The molecular weight excluding hydrogens is 212 g/mol. The van der Waals surface area contributed by atoms with Gasteiger partial charge in [-0.1, -0.05) is 26.2 Å². The molecule has 1 aliphatic heterocycles. The van der Waals surface area contributed by atoms with E-state index in [1.54, 1.807) is 0 Å². The molecule has 1 atom stereocenters. The van der Waals surface area contributed by atoms with Crippen LogP contribution in [0.1, 0.15) is 58.3 Å². The molecule has 98 valence electrons. The summed E-state index contributed by atoms with van der Waals surface area (Å²) >= 11 is 0. The number of hydrogen-bond acceptors (Lipinski definition) is 2. The van der Waals surface area contributed by atoms with Crippen molar-refractivity contribution in [2.24, 2.45) is 11.1 Å². The van der Waals surface area contributed by atoms with E-state index in [2.05, 4.69) is 11.8 Å². The second-order valence-corrected chi connectivity index (χ2v) is 5.75. The molecule has 3 heteroatoms. The van der Waals surface area contributed by atoms with E-state index in [0.29, 0.717) is 18.5 Å². The van der Waals surface area contributed by atoms with Gasteiger partial charge in [0.1, 0.15) is 0 Å². The fourth-order valence-electron chi connectivity index (χ4n) is 3.28. The van der Waals surface area contributed by atoms with Gasteiger partial charge in [-0.3, -0.25) is 4.79 Å². The fraction of sp³-hybridized carbons (Fsp3) is 0.929. The number of likely N-dealkylation sites (tertiary alicyclic amines) is 1. The molecule has 2 rings (SSSR count). The minimum absolute atomic E-state index is 0.183. The summed E-state index contributed by atoms with van der Waals surface area (Å²) in [4.78, 5) is 14.9. The summed E-state index contributed by atoms with van der Waals surface area (Å²) < 4.78 is 0. The quantitative estimate of drug-likeness (QED) is 0.820. The van der Waals surface area contributed by atoms with Crippen molar-refractivity contribution in [1.29, 1.82) is 0 Å². The van der Waals surface area contributed by atoms with Gasteiger partial charge in [-0.2, -0.15) is 0 Å². The Labute approximate surface area is 105 Å². The SMILES string of the molecule is CCC1CCCCCN1C(=O)C1(CN)CCC1. The first-order valence-electron chi connectivity index (χ1n) is 7.24. The second kappa shape index (κ2) is 5.38. The Morgan fingerprint density at radius 3 is 2.59 bits per heavy atom. The topological polar surface area (TPSA) is 46.3 Å². The molecule has 1 heterocycles. The number of rotatable bonds is 3. The number of nitrogens with zero attached hydrogens (tertiary/aromatic N) is 1. The molecule has 2 fully saturated rings. The maximum Gasteiger partial charge on any atom is 0.230 e. The average molecular weight is 238 g/mol. The number of carbonyl (C=O) groups is 1. The molecule has 0 radical (unpaired) electrons. The van der Waals surface area contributed by atoms with E-state index in [1.165, 1.54) is 32.1 Å². The van der Waals surface area contributed by atoms with Gasteiger partial charge in [0.15, 0.2) is 0 Å². The highest BCUT2D eigenvalue weighted by Crippen LogP contribution is 2.42. The molecule has 17 heavy (non-hydrogen) atoms. The zero-order valence-electron chi connectivity index (χ0n) is 11.1. The van der Waals surface area contributed by atoms with Crippen molar-refractivity contribution >= 4 is 5.91 Å². The third-order valence-electron chi connectivity index (χ3n) is 4.76. The zero-order chi connectivity index (χ0) is 12.3. The molecule has 1 unspecified atom stereocenters. The van der Waals surface area contributed by atoms with Crippen LogP contribution < -0.4 is 5.73 Å². The number of hydrogen-bond donors (Lipinski definition) is 1. The number of nitrogens with two attached hydrogens (primary N) is 1. The van der Waals surface area contributed by atoms with E-state index >= 15 is 0 Å². The Balaban J connectivity index is 2.09. The third-order valence-corrected chi connectivity index (χ3v) is 4.76. The van der Waals surface area contributed by atoms with E-state index in [4.69, 9.17) is 5.73 Å². The molecule has 0 aromatic carbocycles. The second-order valence-electron chi connectivity index (χ2n) is 5.75. The molecule has 0 bridgehead atoms. The highest BCUT2D eigenvalue weighted by Gasteiger charge is 2.46. The van der Waals surface area contributed by atoms with Gasteiger partial charge in [0.2, 0.25) is 5.91 Å². The summed E-state index contributed by atoms with van der Waals surface area (Å²) in [6, 6.07) is 0.467.